The first kappa shape index (κ1) is 12.6. The molecule has 0 saturated carbocycles. The van der Waals surface area contributed by atoms with E-state index in [0.29, 0.717) is 6.61 Å². The number of carbonyl (C=O) groups excluding carboxylic acids is 1. The maximum atomic E-state index is 11.2. The number of amides is 1. The van der Waals surface area contributed by atoms with Gasteiger partial charge in [-0.2, -0.15) is 0 Å². The van der Waals surface area contributed by atoms with Gasteiger partial charge in [-0.05, 0) is 30.5 Å². The molecule has 0 aliphatic carbocycles. The van der Waals surface area contributed by atoms with Crippen molar-refractivity contribution < 1.29 is 9.53 Å². The van der Waals surface area contributed by atoms with Crippen molar-refractivity contribution in [1.29, 1.82) is 0 Å². The van der Waals surface area contributed by atoms with Gasteiger partial charge in [0, 0.05) is 5.69 Å². The lowest BCUT2D eigenvalue weighted by Gasteiger charge is -2.06. The number of carbonyl (C=O) groups is 1. The molecular weight excluding hydrogens is 202 g/mol. The van der Waals surface area contributed by atoms with Crippen molar-refractivity contribution in [2.24, 2.45) is 0 Å². The van der Waals surface area contributed by atoms with Crippen LogP contribution < -0.4 is 5.32 Å². The van der Waals surface area contributed by atoms with Crippen LogP contribution in [-0.4, -0.2) is 12.7 Å². The topological polar surface area (TPSA) is 38.3 Å². The molecule has 3 heteroatoms. The molecule has 0 bridgehead atoms. The predicted molar refractivity (Wildman–Crippen MR) is 65.7 cm³/mol. The summed E-state index contributed by atoms with van der Waals surface area (Å²) in [6, 6.07) is 7.86. The zero-order valence-electron chi connectivity index (χ0n) is 9.95. The van der Waals surface area contributed by atoms with Crippen LogP contribution in [0, 0.1) is 0 Å². The third kappa shape index (κ3) is 4.34. The summed E-state index contributed by atoms with van der Waals surface area (Å²) in [7, 11) is 0. The van der Waals surface area contributed by atoms with Crippen LogP contribution in [0.15, 0.2) is 24.3 Å². The van der Waals surface area contributed by atoms with Gasteiger partial charge < -0.3 is 4.74 Å². The number of nitrogens with one attached hydrogen (secondary N) is 1. The first-order valence-corrected chi connectivity index (χ1v) is 5.79. The third-order valence-corrected chi connectivity index (χ3v) is 2.18. The molecule has 1 N–H and O–H groups in total. The van der Waals surface area contributed by atoms with E-state index in [9.17, 15) is 4.79 Å². The van der Waals surface area contributed by atoms with Crippen molar-refractivity contribution in [3.63, 3.8) is 0 Å². The Morgan fingerprint density at radius 3 is 2.44 bits per heavy atom. The Hall–Kier alpha value is -1.51. The molecule has 0 aromatic heterocycles. The molecule has 1 rings (SSSR count). The molecule has 1 aromatic carbocycles. The molecule has 1 aromatic rings. The van der Waals surface area contributed by atoms with Gasteiger partial charge in [0.1, 0.15) is 0 Å². The number of anilines is 1. The van der Waals surface area contributed by atoms with Crippen LogP contribution in [-0.2, 0) is 11.2 Å². The number of hydrogen-bond donors (Lipinski definition) is 1. The summed E-state index contributed by atoms with van der Waals surface area (Å²) in [4.78, 5) is 11.2. The van der Waals surface area contributed by atoms with E-state index < -0.39 is 0 Å². The Morgan fingerprint density at radius 2 is 1.88 bits per heavy atom. The zero-order valence-corrected chi connectivity index (χ0v) is 9.95. The quantitative estimate of drug-likeness (QED) is 0.825. The van der Waals surface area contributed by atoms with Gasteiger partial charge in [-0.1, -0.05) is 32.4 Å². The summed E-state index contributed by atoms with van der Waals surface area (Å²) in [5, 5.41) is 2.68. The fourth-order valence-electron chi connectivity index (χ4n) is 1.39. The van der Waals surface area contributed by atoms with Gasteiger partial charge in [-0.15, -0.1) is 0 Å². The van der Waals surface area contributed by atoms with Crippen LogP contribution in [0.25, 0.3) is 0 Å². The van der Waals surface area contributed by atoms with Gasteiger partial charge >= 0.3 is 6.09 Å². The number of benzene rings is 1. The number of aryl methyl sites for hydroxylation is 1. The maximum Gasteiger partial charge on any atom is 0.411 e. The van der Waals surface area contributed by atoms with E-state index in [1.54, 1.807) is 0 Å². The molecule has 0 atom stereocenters. The Labute approximate surface area is 96.8 Å². The molecule has 3 nitrogen and oxygen atoms in total. The Kier molecular flexibility index (Phi) is 5.40. The number of rotatable bonds is 5. The first-order chi connectivity index (χ1) is 7.76. The van der Waals surface area contributed by atoms with E-state index in [1.165, 1.54) is 5.56 Å². The van der Waals surface area contributed by atoms with Crippen molar-refractivity contribution in [3.8, 4) is 0 Å². The van der Waals surface area contributed by atoms with Crippen molar-refractivity contribution >= 4 is 11.8 Å². The molecule has 16 heavy (non-hydrogen) atoms. The van der Waals surface area contributed by atoms with Crippen molar-refractivity contribution in [1.82, 2.24) is 0 Å². The second-order valence-corrected chi connectivity index (χ2v) is 3.71. The molecule has 0 radical (unpaired) electrons. The minimum Gasteiger partial charge on any atom is -0.449 e. The smallest absolute Gasteiger partial charge is 0.411 e. The van der Waals surface area contributed by atoms with E-state index in [1.807, 2.05) is 31.2 Å². The SMILES string of the molecule is CCCOC(=O)Nc1ccc(CCC)cc1. The van der Waals surface area contributed by atoms with E-state index in [0.717, 1.165) is 24.9 Å². The summed E-state index contributed by atoms with van der Waals surface area (Å²) < 4.78 is 4.92. The summed E-state index contributed by atoms with van der Waals surface area (Å²) in [6.45, 7) is 4.57. The molecule has 0 aliphatic heterocycles. The lowest BCUT2D eigenvalue weighted by molar-refractivity contribution is 0.161. The molecule has 88 valence electrons. The molecule has 0 spiro atoms. The molecule has 0 unspecified atom stereocenters. The van der Waals surface area contributed by atoms with E-state index in [2.05, 4.69) is 12.2 Å². The van der Waals surface area contributed by atoms with Gasteiger partial charge in [0.05, 0.1) is 6.61 Å². The van der Waals surface area contributed by atoms with Crippen LogP contribution in [0.5, 0.6) is 0 Å². The van der Waals surface area contributed by atoms with Crippen LogP contribution >= 0.6 is 0 Å². The summed E-state index contributed by atoms with van der Waals surface area (Å²) in [5.41, 5.74) is 2.07. The zero-order chi connectivity index (χ0) is 11.8. The highest BCUT2D eigenvalue weighted by Gasteiger charge is 2.01. The second-order valence-electron chi connectivity index (χ2n) is 3.71. The summed E-state index contributed by atoms with van der Waals surface area (Å²) in [6.07, 6.45) is 2.65. The highest BCUT2D eigenvalue weighted by molar-refractivity contribution is 5.84. The molecule has 1 amide bonds. The Balaban J connectivity index is 2.45. The van der Waals surface area contributed by atoms with Crippen LogP contribution in [0.3, 0.4) is 0 Å². The largest absolute Gasteiger partial charge is 0.449 e. The van der Waals surface area contributed by atoms with Gasteiger partial charge in [0.25, 0.3) is 0 Å². The maximum absolute atomic E-state index is 11.2. The monoisotopic (exact) mass is 221 g/mol. The average Bonchev–Trinajstić information content (AvgIpc) is 2.29. The van der Waals surface area contributed by atoms with Crippen LogP contribution in [0.4, 0.5) is 10.5 Å². The molecule has 0 heterocycles. The first-order valence-electron chi connectivity index (χ1n) is 5.79. The van der Waals surface area contributed by atoms with Crippen molar-refractivity contribution in [2.45, 2.75) is 33.1 Å². The Bertz CT molecular complexity index is 319. The molecule has 0 fully saturated rings. The molecule has 0 aliphatic rings. The van der Waals surface area contributed by atoms with E-state index in [4.69, 9.17) is 4.74 Å². The van der Waals surface area contributed by atoms with Crippen molar-refractivity contribution in [3.05, 3.63) is 29.8 Å². The summed E-state index contributed by atoms with van der Waals surface area (Å²) in [5.74, 6) is 0. The second kappa shape index (κ2) is 6.88. The van der Waals surface area contributed by atoms with Crippen molar-refractivity contribution in [2.75, 3.05) is 11.9 Å². The number of ether oxygens (including phenoxy) is 1. The van der Waals surface area contributed by atoms with Gasteiger partial charge in [-0.3, -0.25) is 5.32 Å². The molecular formula is C13H19NO2. The van der Waals surface area contributed by atoms with Crippen LogP contribution in [0.1, 0.15) is 32.3 Å². The highest BCUT2D eigenvalue weighted by Crippen LogP contribution is 2.11. The summed E-state index contributed by atoms with van der Waals surface area (Å²) >= 11 is 0. The van der Waals surface area contributed by atoms with E-state index in [-0.39, 0.29) is 6.09 Å². The normalized spacial score (nSPS) is 9.88. The van der Waals surface area contributed by atoms with E-state index >= 15 is 0 Å². The highest BCUT2D eigenvalue weighted by atomic mass is 16.5. The van der Waals surface area contributed by atoms with Gasteiger partial charge in [-0.25, -0.2) is 4.79 Å². The van der Waals surface area contributed by atoms with Crippen LogP contribution in [0.2, 0.25) is 0 Å². The fraction of sp³-hybridized carbons (Fsp3) is 0.462. The van der Waals surface area contributed by atoms with Gasteiger partial charge in [0.2, 0.25) is 0 Å². The fourth-order valence-corrected chi connectivity index (χ4v) is 1.39. The minimum absolute atomic E-state index is 0.384. The lowest BCUT2D eigenvalue weighted by atomic mass is 10.1. The average molecular weight is 221 g/mol. The number of hydrogen-bond acceptors (Lipinski definition) is 2. The predicted octanol–water partition coefficient (Wildman–Crippen LogP) is 3.60. The standard InChI is InChI=1S/C13H19NO2/c1-3-5-11-6-8-12(9-7-11)14-13(15)16-10-4-2/h6-9H,3-5,10H2,1-2H3,(H,14,15). The molecule has 0 saturated heterocycles. The third-order valence-electron chi connectivity index (χ3n) is 2.18. The lowest BCUT2D eigenvalue weighted by Crippen LogP contribution is -2.13. The van der Waals surface area contributed by atoms with Gasteiger partial charge in [0.15, 0.2) is 0 Å². The minimum atomic E-state index is -0.384. The Morgan fingerprint density at radius 1 is 1.19 bits per heavy atom.